The fraction of sp³-hybridized carbons (Fsp3) is 0.412. The van der Waals surface area contributed by atoms with Crippen molar-refractivity contribution in [2.24, 2.45) is 7.05 Å². The third-order valence-electron chi connectivity index (χ3n) is 3.69. The van der Waals surface area contributed by atoms with E-state index < -0.39 is 0 Å². The van der Waals surface area contributed by atoms with Crippen molar-refractivity contribution in [1.82, 2.24) is 15.4 Å². The van der Waals surface area contributed by atoms with Gasteiger partial charge in [-0.05, 0) is 50.5 Å². The van der Waals surface area contributed by atoms with E-state index in [1.165, 1.54) is 4.85 Å². The molecule has 0 bridgehead atoms. The van der Waals surface area contributed by atoms with E-state index in [4.69, 9.17) is 13.9 Å². The van der Waals surface area contributed by atoms with E-state index in [-0.39, 0.29) is 0 Å². The van der Waals surface area contributed by atoms with Crippen LogP contribution in [0.2, 0.25) is 0 Å². The van der Waals surface area contributed by atoms with Crippen LogP contribution in [-0.4, -0.2) is 22.0 Å². The Morgan fingerprint density at radius 1 is 1.08 bits per heavy atom. The molecule has 7 heteroatoms. The van der Waals surface area contributed by atoms with Gasteiger partial charge < -0.3 is 9.26 Å². The second-order valence-corrected chi connectivity index (χ2v) is 5.89. The number of hydrogen-bond acceptors (Lipinski definition) is 6. The lowest BCUT2D eigenvalue weighted by Crippen LogP contribution is -2.28. The van der Waals surface area contributed by atoms with Crippen molar-refractivity contribution < 1.29 is 18.7 Å². The summed E-state index contributed by atoms with van der Waals surface area (Å²) >= 11 is 0. The van der Waals surface area contributed by atoms with E-state index in [1.54, 1.807) is 7.05 Å². The van der Waals surface area contributed by atoms with Gasteiger partial charge in [0.1, 0.15) is 18.6 Å². The van der Waals surface area contributed by atoms with Crippen molar-refractivity contribution >= 4 is 0 Å². The lowest BCUT2D eigenvalue weighted by Gasteiger charge is -2.12. The fourth-order valence-electron chi connectivity index (χ4n) is 2.64. The Balaban J connectivity index is 1.63. The largest absolute Gasteiger partial charge is 0.493 e. The predicted molar refractivity (Wildman–Crippen MR) is 85.4 cm³/mol. The summed E-state index contributed by atoms with van der Waals surface area (Å²) in [5.74, 6) is 2.36. The maximum absolute atomic E-state index is 5.96. The normalized spacial score (nSPS) is 11.0. The van der Waals surface area contributed by atoms with Crippen molar-refractivity contribution in [3.8, 4) is 17.1 Å². The minimum atomic E-state index is 0.566. The third kappa shape index (κ3) is 3.61. The van der Waals surface area contributed by atoms with Crippen LogP contribution in [-0.2, 0) is 13.5 Å². The molecule has 0 unspecified atom stereocenters. The first-order valence-electron chi connectivity index (χ1n) is 7.90. The van der Waals surface area contributed by atoms with Crippen molar-refractivity contribution in [2.75, 3.05) is 6.61 Å². The highest BCUT2D eigenvalue weighted by Gasteiger charge is 2.17. The van der Waals surface area contributed by atoms with E-state index in [0.29, 0.717) is 12.4 Å². The number of aromatic nitrogens is 4. The molecule has 0 aliphatic carbocycles. The van der Waals surface area contributed by atoms with Crippen LogP contribution in [0.25, 0.3) is 11.4 Å². The molecule has 0 saturated carbocycles. The Bertz CT molecular complexity index is 815. The maximum atomic E-state index is 5.96. The molecule has 1 aromatic carbocycles. The molecule has 0 atom stereocenters. The molecule has 0 amide bonds. The first kappa shape index (κ1) is 16.2. The zero-order valence-corrected chi connectivity index (χ0v) is 14.4. The SMILES string of the molecule is Cc1cc(CCCOc2c(C)cc(-c3no[n+](C)n3)cc2C)on1. The summed E-state index contributed by atoms with van der Waals surface area (Å²) in [5.41, 5.74) is 3.92. The van der Waals surface area contributed by atoms with Crippen molar-refractivity contribution in [2.45, 2.75) is 33.6 Å². The Kier molecular flexibility index (Phi) is 4.59. The molecule has 3 rings (SSSR count). The van der Waals surface area contributed by atoms with Gasteiger partial charge in [0, 0.05) is 22.4 Å². The van der Waals surface area contributed by atoms with E-state index in [0.717, 1.165) is 46.7 Å². The Hall–Kier alpha value is -2.70. The Morgan fingerprint density at radius 3 is 2.42 bits per heavy atom. The van der Waals surface area contributed by atoms with Gasteiger partial charge in [-0.15, -0.1) is 0 Å². The fourth-order valence-corrected chi connectivity index (χ4v) is 2.64. The van der Waals surface area contributed by atoms with Gasteiger partial charge in [0.05, 0.1) is 17.9 Å². The highest BCUT2D eigenvalue weighted by Crippen LogP contribution is 2.28. The Morgan fingerprint density at radius 2 is 1.83 bits per heavy atom. The summed E-state index contributed by atoms with van der Waals surface area (Å²) in [4.78, 5) is 1.33. The highest BCUT2D eigenvalue weighted by molar-refractivity contribution is 5.60. The number of benzene rings is 1. The molecule has 0 radical (unpaired) electrons. The van der Waals surface area contributed by atoms with Gasteiger partial charge >= 0.3 is 5.82 Å². The first-order valence-corrected chi connectivity index (χ1v) is 7.90. The zero-order chi connectivity index (χ0) is 17.1. The van der Waals surface area contributed by atoms with E-state index in [1.807, 2.05) is 39.0 Å². The highest BCUT2D eigenvalue weighted by atomic mass is 16.6. The summed E-state index contributed by atoms with van der Waals surface area (Å²) in [5, 5.41) is 12.0. The molecular weight excluding hydrogens is 308 g/mol. The Labute approximate surface area is 140 Å². The molecule has 3 aromatic rings. The summed E-state index contributed by atoms with van der Waals surface area (Å²) < 4.78 is 16.1. The van der Waals surface area contributed by atoms with Crippen molar-refractivity contribution in [3.63, 3.8) is 0 Å². The predicted octanol–water partition coefficient (Wildman–Crippen LogP) is 2.49. The molecule has 24 heavy (non-hydrogen) atoms. The standard InChI is InChI=1S/C17H21N4O3/c1-11-8-14(17-18-21(4)24-20-17)9-12(2)16(11)22-7-5-6-15-10-13(3)19-23-15/h8-10H,5-7H2,1-4H3/q+1. The lowest BCUT2D eigenvalue weighted by molar-refractivity contribution is -0.898. The van der Waals surface area contributed by atoms with Crippen LogP contribution in [0.3, 0.4) is 0 Å². The molecule has 0 N–H and O–H groups in total. The van der Waals surface area contributed by atoms with Gasteiger partial charge in [-0.3, -0.25) is 0 Å². The minimum absolute atomic E-state index is 0.566. The minimum Gasteiger partial charge on any atom is -0.493 e. The first-order chi connectivity index (χ1) is 11.5. The number of ether oxygens (including phenoxy) is 1. The smallest absolute Gasteiger partial charge is 0.363 e. The summed E-state index contributed by atoms with van der Waals surface area (Å²) in [7, 11) is 1.70. The molecule has 126 valence electrons. The van der Waals surface area contributed by atoms with Gasteiger partial charge in [-0.25, -0.2) is 0 Å². The maximum Gasteiger partial charge on any atom is 0.363 e. The van der Waals surface area contributed by atoms with Crippen molar-refractivity contribution in [1.29, 1.82) is 0 Å². The van der Waals surface area contributed by atoms with E-state index in [2.05, 4.69) is 15.4 Å². The number of aryl methyl sites for hydroxylation is 5. The van der Waals surface area contributed by atoms with Crippen LogP contribution in [0.1, 0.15) is 29.0 Å². The van der Waals surface area contributed by atoms with Gasteiger partial charge in [0.15, 0.2) is 5.16 Å². The quantitative estimate of drug-likeness (QED) is 0.511. The lowest BCUT2D eigenvalue weighted by atomic mass is 10.1. The molecular formula is C17H21N4O3+. The van der Waals surface area contributed by atoms with Gasteiger partial charge in [0.2, 0.25) is 0 Å². The van der Waals surface area contributed by atoms with Crippen LogP contribution in [0, 0.1) is 20.8 Å². The second kappa shape index (κ2) is 6.82. The van der Waals surface area contributed by atoms with Crippen LogP contribution in [0.15, 0.2) is 27.4 Å². The summed E-state index contributed by atoms with van der Waals surface area (Å²) in [6.07, 6.45) is 1.69. The summed E-state index contributed by atoms with van der Waals surface area (Å²) in [6, 6.07) is 5.97. The van der Waals surface area contributed by atoms with Crippen LogP contribution in [0.4, 0.5) is 0 Å². The van der Waals surface area contributed by atoms with Crippen LogP contribution >= 0.6 is 0 Å². The third-order valence-corrected chi connectivity index (χ3v) is 3.69. The van der Waals surface area contributed by atoms with Crippen LogP contribution < -0.4 is 9.59 Å². The summed E-state index contributed by atoms with van der Waals surface area (Å²) in [6.45, 7) is 6.58. The van der Waals surface area contributed by atoms with Crippen LogP contribution in [0.5, 0.6) is 5.75 Å². The molecule has 0 aliphatic heterocycles. The molecule has 0 saturated heterocycles. The molecule has 0 fully saturated rings. The average Bonchev–Trinajstić information content (AvgIpc) is 3.14. The molecule has 0 aliphatic rings. The molecule has 2 aromatic heterocycles. The zero-order valence-electron chi connectivity index (χ0n) is 14.4. The number of hydrogen-bond donors (Lipinski definition) is 0. The number of nitrogens with zero attached hydrogens (tertiary/aromatic N) is 4. The van der Waals surface area contributed by atoms with E-state index in [9.17, 15) is 0 Å². The van der Waals surface area contributed by atoms with E-state index >= 15 is 0 Å². The van der Waals surface area contributed by atoms with Crippen molar-refractivity contribution in [3.05, 3.63) is 40.8 Å². The number of rotatable bonds is 6. The molecule has 7 nitrogen and oxygen atoms in total. The monoisotopic (exact) mass is 329 g/mol. The second-order valence-electron chi connectivity index (χ2n) is 5.89. The molecule has 0 spiro atoms. The van der Waals surface area contributed by atoms with Gasteiger partial charge in [-0.2, -0.15) is 0 Å². The topological polar surface area (TPSA) is 78.1 Å². The van der Waals surface area contributed by atoms with Gasteiger partial charge in [-0.1, -0.05) is 9.79 Å². The van der Waals surface area contributed by atoms with Gasteiger partial charge in [0.25, 0.3) is 0 Å². The average molecular weight is 329 g/mol. The molecule has 2 heterocycles.